The summed E-state index contributed by atoms with van der Waals surface area (Å²) in [4.78, 5) is 15.0. The van der Waals surface area contributed by atoms with E-state index in [2.05, 4.69) is 32.5 Å². The van der Waals surface area contributed by atoms with Crippen LogP contribution in [-0.4, -0.2) is 44.4 Å². The zero-order chi connectivity index (χ0) is 21.9. The van der Waals surface area contributed by atoms with E-state index >= 15 is 0 Å². The molecule has 2 heterocycles. The number of hydrogen-bond acceptors (Lipinski definition) is 5. The van der Waals surface area contributed by atoms with Crippen LogP contribution in [0.25, 0.3) is 11.4 Å². The number of benzene rings is 2. The number of carbonyl (C=O) groups is 1. The number of amides is 1. The lowest BCUT2D eigenvalue weighted by atomic mass is 10.2. The van der Waals surface area contributed by atoms with Gasteiger partial charge in [0.15, 0.2) is 11.0 Å². The van der Waals surface area contributed by atoms with Gasteiger partial charge in [0.25, 0.3) is 0 Å². The van der Waals surface area contributed by atoms with E-state index in [1.165, 1.54) is 49.3 Å². The molecule has 1 aromatic heterocycles. The molecule has 0 bridgehead atoms. The molecule has 0 atom stereocenters. The molecule has 0 unspecified atom stereocenters. The number of thioether (sulfide) groups is 1. The van der Waals surface area contributed by atoms with E-state index in [-0.39, 0.29) is 23.5 Å². The molecule has 0 radical (unpaired) electrons. The fourth-order valence-electron chi connectivity index (χ4n) is 4.08. The standard InChI is InChI=1S/C24H26FN5OS/c25-21-6-2-1-5-20(21)23-27-28-24(30(23)19-11-12-19)32-16-22(31)26-18-9-7-17(8-10-18)15-29-13-3-4-14-29/h1-2,5-10,19H,3-4,11-16H2,(H,26,31). The predicted octanol–water partition coefficient (Wildman–Crippen LogP) is 4.75. The second kappa shape index (κ2) is 9.42. The SMILES string of the molecule is O=C(CSc1nnc(-c2ccccc2F)n1C1CC1)Nc1ccc(CN2CCCC2)cc1. The molecular formula is C24H26FN5OS. The summed E-state index contributed by atoms with van der Waals surface area (Å²) in [5.74, 6) is 0.337. The van der Waals surface area contributed by atoms with Crippen LogP contribution in [0.5, 0.6) is 0 Å². The summed E-state index contributed by atoms with van der Waals surface area (Å²) < 4.78 is 16.3. The maximum atomic E-state index is 14.3. The van der Waals surface area contributed by atoms with Crippen LogP contribution in [0, 0.1) is 5.82 Å². The van der Waals surface area contributed by atoms with Crippen molar-refractivity contribution in [3.8, 4) is 11.4 Å². The third kappa shape index (κ3) is 4.86. The number of halogens is 1. The lowest BCUT2D eigenvalue weighted by Crippen LogP contribution is -2.18. The fourth-order valence-corrected chi connectivity index (χ4v) is 4.89. The van der Waals surface area contributed by atoms with Gasteiger partial charge in [-0.3, -0.25) is 14.3 Å². The lowest BCUT2D eigenvalue weighted by Gasteiger charge is -2.14. The van der Waals surface area contributed by atoms with Crippen molar-refractivity contribution in [3.63, 3.8) is 0 Å². The molecule has 8 heteroatoms. The molecule has 3 aromatic rings. The van der Waals surface area contributed by atoms with Crippen molar-refractivity contribution in [2.24, 2.45) is 0 Å². The van der Waals surface area contributed by atoms with Crippen molar-refractivity contribution in [2.75, 3.05) is 24.2 Å². The van der Waals surface area contributed by atoms with Crippen LogP contribution in [0.4, 0.5) is 10.1 Å². The molecule has 6 nitrogen and oxygen atoms in total. The average Bonchev–Trinajstić information content (AvgIpc) is 3.34. The van der Waals surface area contributed by atoms with E-state index in [1.807, 2.05) is 16.7 Å². The lowest BCUT2D eigenvalue weighted by molar-refractivity contribution is -0.113. The molecule has 2 aromatic carbocycles. The van der Waals surface area contributed by atoms with Gasteiger partial charge in [-0.2, -0.15) is 0 Å². The van der Waals surface area contributed by atoms with Crippen molar-refractivity contribution >= 4 is 23.4 Å². The van der Waals surface area contributed by atoms with Gasteiger partial charge in [-0.15, -0.1) is 10.2 Å². The third-order valence-corrected chi connectivity index (χ3v) is 6.81. The molecule has 0 spiro atoms. The maximum Gasteiger partial charge on any atom is 0.234 e. The maximum absolute atomic E-state index is 14.3. The van der Waals surface area contributed by atoms with Crippen molar-refractivity contribution in [1.82, 2.24) is 19.7 Å². The van der Waals surface area contributed by atoms with Crippen molar-refractivity contribution in [2.45, 2.75) is 43.4 Å². The van der Waals surface area contributed by atoms with Gasteiger partial charge in [0.1, 0.15) is 5.82 Å². The minimum atomic E-state index is -0.315. The van der Waals surface area contributed by atoms with Crippen LogP contribution in [0.1, 0.15) is 37.3 Å². The molecular weight excluding hydrogens is 425 g/mol. The van der Waals surface area contributed by atoms with E-state index in [4.69, 9.17) is 0 Å². The van der Waals surface area contributed by atoms with Crippen LogP contribution in [0.3, 0.4) is 0 Å². The van der Waals surface area contributed by atoms with E-state index < -0.39 is 0 Å². The molecule has 1 N–H and O–H groups in total. The Morgan fingerprint density at radius 1 is 1.06 bits per heavy atom. The van der Waals surface area contributed by atoms with Gasteiger partial charge < -0.3 is 5.32 Å². The molecule has 1 aliphatic heterocycles. The quantitative estimate of drug-likeness (QED) is 0.501. The number of rotatable bonds is 8. The third-order valence-electron chi connectivity index (χ3n) is 5.87. The Kier molecular flexibility index (Phi) is 6.23. The molecule has 1 amide bonds. The normalized spacial score (nSPS) is 16.4. The summed E-state index contributed by atoms with van der Waals surface area (Å²) >= 11 is 1.34. The molecule has 1 saturated heterocycles. The highest BCUT2D eigenvalue weighted by Crippen LogP contribution is 2.41. The van der Waals surface area contributed by atoms with Gasteiger partial charge in [-0.05, 0) is 68.6 Å². The highest BCUT2D eigenvalue weighted by molar-refractivity contribution is 7.99. The summed E-state index contributed by atoms with van der Waals surface area (Å²) in [7, 11) is 0. The van der Waals surface area contributed by atoms with E-state index in [1.54, 1.807) is 18.2 Å². The first-order valence-corrected chi connectivity index (χ1v) is 12.1. The van der Waals surface area contributed by atoms with Gasteiger partial charge in [0.2, 0.25) is 5.91 Å². The number of nitrogens with zero attached hydrogens (tertiary/aromatic N) is 4. The second-order valence-electron chi connectivity index (χ2n) is 8.40. The summed E-state index contributed by atoms with van der Waals surface area (Å²) in [5.41, 5.74) is 2.49. The minimum absolute atomic E-state index is 0.0971. The van der Waals surface area contributed by atoms with Gasteiger partial charge in [0.05, 0.1) is 11.3 Å². The zero-order valence-corrected chi connectivity index (χ0v) is 18.7. The van der Waals surface area contributed by atoms with Crippen LogP contribution in [0.2, 0.25) is 0 Å². The van der Waals surface area contributed by atoms with Gasteiger partial charge >= 0.3 is 0 Å². The van der Waals surface area contributed by atoms with Crippen molar-refractivity contribution < 1.29 is 9.18 Å². The molecule has 1 saturated carbocycles. The Hall–Kier alpha value is -2.71. The molecule has 5 rings (SSSR count). The summed E-state index contributed by atoms with van der Waals surface area (Å²) in [6.45, 7) is 3.30. The first kappa shape index (κ1) is 21.2. The Labute approximate surface area is 191 Å². The minimum Gasteiger partial charge on any atom is -0.325 e. The van der Waals surface area contributed by atoms with Gasteiger partial charge in [-0.1, -0.05) is 36.0 Å². The van der Waals surface area contributed by atoms with E-state index in [9.17, 15) is 9.18 Å². The van der Waals surface area contributed by atoms with Crippen LogP contribution >= 0.6 is 11.8 Å². The largest absolute Gasteiger partial charge is 0.325 e. The van der Waals surface area contributed by atoms with Gasteiger partial charge in [0, 0.05) is 18.3 Å². The number of nitrogens with one attached hydrogen (secondary N) is 1. The zero-order valence-electron chi connectivity index (χ0n) is 17.8. The Morgan fingerprint density at radius 3 is 2.53 bits per heavy atom. The van der Waals surface area contributed by atoms with Crippen molar-refractivity contribution in [3.05, 3.63) is 59.9 Å². The first-order valence-electron chi connectivity index (χ1n) is 11.1. The number of likely N-dealkylation sites (tertiary alicyclic amines) is 1. The Morgan fingerprint density at radius 2 is 1.81 bits per heavy atom. The highest BCUT2D eigenvalue weighted by Gasteiger charge is 2.31. The topological polar surface area (TPSA) is 63.1 Å². The monoisotopic (exact) mass is 451 g/mol. The van der Waals surface area contributed by atoms with Crippen molar-refractivity contribution in [1.29, 1.82) is 0 Å². The smallest absolute Gasteiger partial charge is 0.234 e. The van der Waals surface area contributed by atoms with E-state index in [0.717, 1.165) is 25.1 Å². The predicted molar refractivity (Wildman–Crippen MR) is 124 cm³/mol. The molecule has 32 heavy (non-hydrogen) atoms. The Bertz CT molecular complexity index is 1090. The summed E-state index contributed by atoms with van der Waals surface area (Å²) in [6.07, 6.45) is 4.59. The molecule has 2 aliphatic rings. The fraction of sp³-hybridized carbons (Fsp3) is 0.375. The van der Waals surface area contributed by atoms with Crippen LogP contribution < -0.4 is 5.32 Å². The number of aromatic nitrogens is 3. The van der Waals surface area contributed by atoms with Crippen LogP contribution in [-0.2, 0) is 11.3 Å². The number of carbonyl (C=O) groups excluding carboxylic acids is 1. The molecule has 2 fully saturated rings. The highest BCUT2D eigenvalue weighted by atomic mass is 32.2. The molecule has 1 aliphatic carbocycles. The number of hydrogen-bond donors (Lipinski definition) is 1. The Balaban J connectivity index is 1.20. The molecule has 166 valence electrons. The summed E-state index contributed by atoms with van der Waals surface area (Å²) in [6, 6.07) is 14.9. The first-order chi connectivity index (χ1) is 15.7. The second-order valence-corrected chi connectivity index (χ2v) is 9.35. The summed E-state index contributed by atoms with van der Waals surface area (Å²) in [5, 5.41) is 12.1. The average molecular weight is 452 g/mol. The van der Waals surface area contributed by atoms with E-state index in [0.29, 0.717) is 16.5 Å². The number of anilines is 1. The van der Waals surface area contributed by atoms with Crippen LogP contribution in [0.15, 0.2) is 53.7 Å². The van der Waals surface area contributed by atoms with Gasteiger partial charge in [-0.25, -0.2) is 4.39 Å².